The number of rotatable bonds is 13. The number of nitrogens with zero attached hydrogens (tertiary/aromatic N) is 4. The van der Waals surface area contributed by atoms with Gasteiger partial charge in [-0.25, -0.2) is 9.59 Å². The number of aromatic nitrogens is 2. The molecule has 0 radical (unpaired) electrons. The number of ether oxygens (including phenoxy) is 2. The fraction of sp³-hybridized carbons (Fsp3) is 0.368. The summed E-state index contributed by atoms with van der Waals surface area (Å²) < 4.78 is 10.7. The highest BCUT2D eigenvalue weighted by atomic mass is 32.2. The van der Waals surface area contributed by atoms with Crippen molar-refractivity contribution in [3.63, 3.8) is 0 Å². The Bertz CT molecular complexity index is 1650. The van der Waals surface area contributed by atoms with Crippen LogP contribution in [0.2, 0.25) is 0 Å². The van der Waals surface area contributed by atoms with Gasteiger partial charge in [-0.2, -0.15) is 23.6 Å². The van der Waals surface area contributed by atoms with Gasteiger partial charge in [0.2, 0.25) is 0 Å². The van der Waals surface area contributed by atoms with Crippen molar-refractivity contribution in [3.05, 3.63) is 114 Å². The first kappa shape index (κ1) is 39.3. The quantitative estimate of drug-likeness (QED) is 0.167. The summed E-state index contributed by atoms with van der Waals surface area (Å²) in [6.45, 7) is 10.7. The second-order valence-corrected chi connectivity index (χ2v) is 14.7. The maximum absolute atomic E-state index is 12.3. The summed E-state index contributed by atoms with van der Waals surface area (Å²) >= 11 is 1.77. The Morgan fingerprint density at radius 2 is 1.49 bits per heavy atom. The van der Waals surface area contributed by atoms with Gasteiger partial charge >= 0.3 is 11.9 Å². The third-order valence-electron chi connectivity index (χ3n) is 8.45. The number of carbonyl (C=O) groups is 2. The molecule has 12 nitrogen and oxygen atoms in total. The Hall–Kier alpha value is -4.53. The van der Waals surface area contributed by atoms with Crippen molar-refractivity contribution in [2.24, 2.45) is 17.7 Å². The molecule has 2 aromatic heterocycles. The van der Waals surface area contributed by atoms with Crippen molar-refractivity contribution in [2.75, 3.05) is 19.4 Å². The molecule has 5 rings (SSSR count). The number of carbonyl (C=O) groups excluding carboxylic acids is 2. The average Bonchev–Trinajstić information content (AvgIpc) is 3.13. The molecule has 1 unspecified atom stereocenters. The molecule has 3 heterocycles. The van der Waals surface area contributed by atoms with E-state index in [9.17, 15) is 9.59 Å². The predicted octanol–water partition coefficient (Wildman–Crippen LogP) is 5.52. The van der Waals surface area contributed by atoms with E-state index >= 15 is 0 Å². The van der Waals surface area contributed by atoms with Crippen molar-refractivity contribution >= 4 is 23.7 Å². The van der Waals surface area contributed by atoms with Crippen LogP contribution in [0.5, 0.6) is 17.2 Å². The van der Waals surface area contributed by atoms with E-state index in [4.69, 9.17) is 21.3 Å². The van der Waals surface area contributed by atoms with Crippen LogP contribution in [0.15, 0.2) is 97.6 Å². The fourth-order valence-corrected chi connectivity index (χ4v) is 7.29. The van der Waals surface area contributed by atoms with Gasteiger partial charge in [0.25, 0.3) is 0 Å². The maximum atomic E-state index is 12.3. The molecule has 1 fully saturated rings. The van der Waals surface area contributed by atoms with Gasteiger partial charge in [0.15, 0.2) is 0 Å². The van der Waals surface area contributed by atoms with E-state index in [0.29, 0.717) is 19.6 Å². The van der Waals surface area contributed by atoms with Gasteiger partial charge in [-0.15, -0.1) is 0 Å². The van der Waals surface area contributed by atoms with Crippen LogP contribution in [0.3, 0.4) is 0 Å². The summed E-state index contributed by atoms with van der Waals surface area (Å²) in [5, 5.41) is 0. The zero-order valence-electron chi connectivity index (χ0n) is 29.8. The first-order valence-corrected chi connectivity index (χ1v) is 17.6. The molecule has 0 amide bonds. The van der Waals surface area contributed by atoms with Crippen molar-refractivity contribution in [3.8, 4) is 17.2 Å². The van der Waals surface area contributed by atoms with Crippen molar-refractivity contribution in [2.45, 2.75) is 64.2 Å². The first-order chi connectivity index (χ1) is 24.5. The van der Waals surface area contributed by atoms with Crippen LogP contribution in [0.25, 0.3) is 0 Å². The molecule has 1 aliphatic heterocycles. The first-order valence-electron chi connectivity index (χ1n) is 16.7. The third-order valence-corrected chi connectivity index (χ3v) is 9.80. The standard InChI is InChI=1S/C19H23N3O3S.C19H25N3O3/c1-19(2)17(18(23)25-20)22(11-12-26-19)13-14-3-5-15(6-4-14)24-16-7-9-21-10-8-16;1-14(2)18(19(23)25-20)22(13-16-5-4-10-21-11-16)12-15-6-8-17(24-3)9-7-15/h3-10,17H,11-13,20H2,1-2H3;4-11,14,18H,12-13,20H2,1-3H3/t;18-/m.1/s1. The Morgan fingerprint density at radius 1 is 0.863 bits per heavy atom. The summed E-state index contributed by atoms with van der Waals surface area (Å²) in [6, 6.07) is 22.3. The molecule has 2 aromatic carbocycles. The van der Waals surface area contributed by atoms with E-state index in [1.807, 2.05) is 86.6 Å². The van der Waals surface area contributed by atoms with E-state index in [-0.39, 0.29) is 22.7 Å². The molecule has 0 spiro atoms. The predicted molar refractivity (Wildman–Crippen MR) is 197 cm³/mol. The SMILES string of the molecule is CC1(C)SCCN(Cc2ccc(Oc3ccncc3)cc2)C1C(=O)ON.COc1ccc(CN(Cc2cccnc2)[C@@H](C(=O)ON)C(C)C)cc1. The third kappa shape index (κ3) is 11.5. The fourth-order valence-electron chi connectivity index (χ4n) is 6.04. The minimum absolute atomic E-state index is 0.0472. The molecule has 0 saturated carbocycles. The Morgan fingerprint density at radius 3 is 2.08 bits per heavy atom. The zero-order chi connectivity index (χ0) is 36.8. The molecule has 51 heavy (non-hydrogen) atoms. The van der Waals surface area contributed by atoms with Crippen LogP contribution in [-0.4, -0.2) is 67.9 Å². The van der Waals surface area contributed by atoms with Gasteiger partial charge in [0.1, 0.15) is 29.3 Å². The number of benzene rings is 2. The topological polar surface area (TPSA) is 155 Å². The van der Waals surface area contributed by atoms with Gasteiger partial charge in [0, 0.05) is 61.5 Å². The van der Waals surface area contributed by atoms with E-state index in [0.717, 1.165) is 46.2 Å². The average molecular weight is 717 g/mol. The minimum Gasteiger partial charge on any atom is -0.497 e. The highest BCUT2D eigenvalue weighted by Crippen LogP contribution is 2.37. The molecule has 4 N–H and O–H groups in total. The zero-order valence-corrected chi connectivity index (χ0v) is 30.6. The largest absolute Gasteiger partial charge is 0.497 e. The van der Waals surface area contributed by atoms with Gasteiger partial charge < -0.3 is 19.1 Å². The molecule has 0 aliphatic carbocycles. The molecule has 1 aliphatic rings. The molecule has 272 valence electrons. The lowest BCUT2D eigenvalue weighted by Gasteiger charge is -2.43. The van der Waals surface area contributed by atoms with Gasteiger partial charge in [-0.1, -0.05) is 44.2 Å². The summed E-state index contributed by atoms with van der Waals surface area (Å²) in [7, 11) is 1.63. The van der Waals surface area contributed by atoms with E-state index in [1.165, 1.54) is 0 Å². The summed E-state index contributed by atoms with van der Waals surface area (Å²) in [4.78, 5) is 45.9. The van der Waals surface area contributed by atoms with E-state index in [1.54, 1.807) is 43.7 Å². The van der Waals surface area contributed by atoms with E-state index < -0.39 is 12.0 Å². The molecule has 1 saturated heterocycles. The van der Waals surface area contributed by atoms with Crippen molar-refractivity contribution < 1.29 is 28.7 Å². The lowest BCUT2D eigenvalue weighted by molar-refractivity contribution is -0.153. The summed E-state index contributed by atoms with van der Waals surface area (Å²) in [5.74, 6) is 12.8. The van der Waals surface area contributed by atoms with Crippen LogP contribution in [-0.2, 0) is 38.9 Å². The van der Waals surface area contributed by atoms with Gasteiger partial charge in [-0.05, 0) is 78.9 Å². The van der Waals surface area contributed by atoms with E-state index in [2.05, 4.69) is 43.3 Å². The van der Waals surface area contributed by atoms with Crippen molar-refractivity contribution in [1.82, 2.24) is 19.8 Å². The van der Waals surface area contributed by atoms with Crippen LogP contribution in [0.4, 0.5) is 0 Å². The maximum Gasteiger partial charge on any atom is 0.343 e. The highest BCUT2D eigenvalue weighted by Gasteiger charge is 2.44. The molecular weight excluding hydrogens is 669 g/mol. The summed E-state index contributed by atoms with van der Waals surface area (Å²) in [5.41, 5.74) is 3.19. The minimum atomic E-state index is -0.452. The van der Waals surface area contributed by atoms with Crippen LogP contribution in [0.1, 0.15) is 44.4 Å². The highest BCUT2D eigenvalue weighted by molar-refractivity contribution is 8.00. The number of hydrogen-bond donors (Lipinski definition) is 2. The number of nitrogens with two attached hydrogens (primary N) is 2. The second kappa shape index (κ2) is 19.2. The van der Waals surface area contributed by atoms with Crippen LogP contribution >= 0.6 is 11.8 Å². The number of thioether (sulfide) groups is 1. The van der Waals surface area contributed by atoms with Crippen molar-refractivity contribution in [1.29, 1.82) is 0 Å². The van der Waals surface area contributed by atoms with Crippen LogP contribution in [0, 0.1) is 5.92 Å². The Balaban J connectivity index is 0.000000229. The molecular formula is C38H48N6O6S. The smallest absolute Gasteiger partial charge is 0.343 e. The number of methoxy groups -OCH3 is 1. The molecule has 4 aromatic rings. The lowest BCUT2D eigenvalue weighted by atomic mass is 10.00. The Labute approximate surface area is 304 Å². The Kier molecular flexibility index (Phi) is 14.8. The van der Waals surface area contributed by atoms with Crippen LogP contribution < -0.4 is 21.3 Å². The second-order valence-electron chi connectivity index (χ2n) is 12.9. The van der Waals surface area contributed by atoms with Gasteiger partial charge in [-0.3, -0.25) is 19.8 Å². The summed E-state index contributed by atoms with van der Waals surface area (Å²) in [6.07, 6.45) is 6.91. The number of pyridine rings is 2. The number of hydrogen-bond acceptors (Lipinski definition) is 13. The molecule has 13 heteroatoms. The normalized spacial score (nSPS) is 16.1. The lowest BCUT2D eigenvalue weighted by Crippen LogP contribution is -2.57. The monoisotopic (exact) mass is 716 g/mol. The molecule has 0 bridgehead atoms. The molecule has 2 atom stereocenters. The van der Waals surface area contributed by atoms with Gasteiger partial charge in [0.05, 0.1) is 7.11 Å².